The molecule has 1 heterocycles. The zero-order chi connectivity index (χ0) is 17.4. The third-order valence-electron chi connectivity index (χ3n) is 4.21. The highest BCUT2D eigenvalue weighted by Crippen LogP contribution is 2.25. The number of hydrogen-bond donors (Lipinski definition) is 2. The molecule has 0 aliphatic rings. The lowest BCUT2D eigenvalue weighted by Gasteiger charge is -2.28. The second kappa shape index (κ2) is 10.4. The second-order valence-electron chi connectivity index (χ2n) is 6.67. The Kier molecular flexibility index (Phi) is 8.96. The first kappa shape index (κ1) is 21.5. The van der Waals surface area contributed by atoms with E-state index in [2.05, 4.69) is 65.8 Å². The van der Waals surface area contributed by atoms with Crippen LogP contribution in [-0.2, 0) is 12.0 Å². The van der Waals surface area contributed by atoms with Gasteiger partial charge in [0.1, 0.15) is 0 Å². The zero-order valence-electron chi connectivity index (χ0n) is 15.6. The summed E-state index contributed by atoms with van der Waals surface area (Å²) in [5.74, 6) is 0.845. The molecule has 0 atom stereocenters. The average molecular weight is 455 g/mol. The highest BCUT2D eigenvalue weighted by atomic mass is 127. The number of nitrogens with one attached hydrogen (secondary N) is 2. The molecule has 25 heavy (non-hydrogen) atoms. The molecule has 0 aliphatic carbocycles. The number of hydrogen-bond acceptors (Lipinski definition) is 2. The Labute approximate surface area is 168 Å². The van der Waals surface area contributed by atoms with Gasteiger partial charge in [-0.15, -0.1) is 24.0 Å². The van der Waals surface area contributed by atoms with Crippen LogP contribution in [0.3, 0.4) is 0 Å². The molecular formula is C19H30IN5. The van der Waals surface area contributed by atoms with Crippen LogP contribution in [0.5, 0.6) is 0 Å². The molecule has 0 radical (unpaired) electrons. The van der Waals surface area contributed by atoms with Crippen molar-refractivity contribution in [1.82, 2.24) is 20.4 Å². The standard InChI is InChI=1S/C19H29N5.HI/c1-16-9-5-6-10-17(16)19(2,3)15-22-18(20-4)21-11-7-13-24-14-8-12-23-24;/h5-6,8-10,12,14H,7,11,13,15H2,1-4H3,(H2,20,21,22);1H. The molecule has 0 saturated carbocycles. The van der Waals surface area contributed by atoms with Crippen molar-refractivity contribution in [2.75, 3.05) is 20.1 Å². The maximum Gasteiger partial charge on any atom is 0.191 e. The molecule has 0 bridgehead atoms. The molecule has 2 aromatic rings. The molecule has 138 valence electrons. The molecule has 0 saturated heterocycles. The number of aromatic nitrogens is 2. The quantitative estimate of drug-likeness (QED) is 0.292. The number of aliphatic imine (C=N–C) groups is 1. The molecule has 0 amide bonds. The molecule has 0 unspecified atom stereocenters. The Balaban J connectivity index is 0.00000312. The summed E-state index contributed by atoms with van der Waals surface area (Å²) in [4.78, 5) is 4.31. The van der Waals surface area contributed by atoms with Crippen LogP contribution in [0.25, 0.3) is 0 Å². The van der Waals surface area contributed by atoms with E-state index in [9.17, 15) is 0 Å². The smallest absolute Gasteiger partial charge is 0.191 e. The first-order chi connectivity index (χ1) is 11.5. The van der Waals surface area contributed by atoms with Crippen LogP contribution in [0.1, 0.15) is 31.4 Å². The fourth-order valence-electron chi connectivity index (χ4n) is 2.83. The number of halogens is 1. The summed E-state index contributed by atoms with van der Waals surface area (Å²) < 4.78 is 1.94. The first-order valence-electron chi connectivity index (χ1n) is 8.51. The van der Waals surface area contributed by atoms with Gasteiger partial charge >= 0.3 is 0 Å². The fraction of sp³-hybridized carbons (Fsp3) is 0.474. The minimum absolute atomic E-state index is 0. The van der Waals surface area contributed by atoms with E-state index in [-0.39, 0.29) is 29.4 Å². The van der Waals surface area contributed by atoms with Gasteiger partial charge in [0.05, 0.1) is 0 Å². The Morgan fingerprint density at radius 1 is 1.20 bits per heavy atom. The van der Waals surface area contributed by atoms with Crippen molar-refractivity contribution < 1.29 is 0 Å². The number of benzene rings is 1. The minimum atomic E-state index is 0. The summed E-state index contributed by atoms with van der Waals surface area (Å²) >= 11 is 0. The summed E-state index contributed by atoms with van der Waals surface area (Å²) in [7, 11) is 1.81. The van der Waals surface area contributed by atoms with Crippen LogP contribution in [0.2, 0.25) is 0 Å². The average Bonchev–Trinajstić information content (AvgIpc) is 3.08. The number of nitrogens with zero attached hydrogens (tertiary/aromatic N) is 3. The fourth-order valence-corrected chi connectivity index (χ4v) is 2.83. The predicted octanol–water partition coefficient (Wildman–Crippen LogP) is 3.34. The normalized spacial score (nSPS) is 11.8. The minimum Gasteiger partial charge on any atom is -0.356 e. The maximum atomic E-state index is 4.31. The Morgan fingerprint density at radius 2 is 1.96 bits per heavy atom. The Hall–Kier alpha value is -1.57. The molecular weight excluding hydrogens is 425 g/mol. The van der Waals surface area contributed by atoms with Crippen molar-refractivity contribution >= 4 is 29.9 Å². The molecule has 6 heteroatoms. The Bertz CT molecular complexity index is 650. The van der Waals surface area contributed by atoms with Gasteiger partial charge in [0.2, 0.25) is 0 Å². The van der Waals surface area contributed by atoms with E-state index in [1.54, 1.807) is 0 Å². The van der Waals surface area contributed by atoms with Crippen molar-refractivity contribution in [3.05, 3.63) is 53.9 Å². The van der Waals surface area contributed by atoms with Crippen molar-refractivity contribution in [2.45, 2.75) is 39.2 Å². The van der Waals surface area contributed by atoms with E-state index in [1.165, 1.54) is 11.1 Å². The third-order valence-corrected chi connectivity index (χ3v) is 4.21. The van der Waals surface area contributed by atoms with E-state index in [0.717, 1.165) is 32.0 Å². The van der Waals surface area contributed by atoms with E-state index < -0.39 is 0 Å². The first-order valence-corrected chi connectivity index (χ1v) is 8.51. The summed E-state index contributed by atoms with van der Waals surface area (Å²) in [5, 5.41) is 11.0. The topological polar surface area (TPSA) is 54.2 Å². The van der Waals surface area contributed by atoms with Gasteiger partial charge in [-0.3, -0.25) is 9.67 Å². The lowest BCUT2D eigenvalue weighted by Crippen LogP contribution is -2.44. The second-order valence-corrected chi connectivity index (χ2v) is 6.67. The van der Waals surface area contributed by atoms with Crippen molar-refractivity contribution in [3.63, 3.8) is 0 Å². The van der Waals surface area contributed by atoms with E-state index in [0.29, 0.717) is 0 Å². The molecule has 0 spiro atoms. The maximum absolute atomic E-state index is 4.31. The lowest BCUT2D eigenvalue weighted by atomic mass is 9.82. The van der Waals surface area contributed by atoms with E-state index >= 15 is 0 Å². The van der Waals surface area contributed by atoms with Gasteiger partial charge in [-0.05, 0) is 30.5 Å². The Morgan fingerprint density at radius 3 is 2.60 bits per heavy atom. The molecule has 0 aliphatic heterocycles. The van der Waals surface area contributed by atoms with E-state index in [1.807, 2.05) is 30.2 Å². The molecule has 1 aromatic carbocycles. The predicted molar refractivity (Wildman–Crippen MR) is 116 cm³/mol. The lowest BCUT2D eigenvalue weighted by molar-refractivity contribution is 0.504. The van der Waals surface area contributed by atoms with Gasteiger partial charge in [0, 0.05) is 44.5 Å². The van der Waals surface area contributed by atoms with Crippen LogP contribution >= 0.6 is 24.0 Å². The molecule has 1 aromatic heterocycles. The van der Waals surface area contributed by atoms with Gasteiger partial charge in [0.25, 0.3) is 0 Å². The molecule has 0 fully saturated rings. The largest absolute Gasteiger partial charge is 0.356 e. The highest BCUT2D eigenvalue weighted by Gasteiger charge is 2.22. The van der Waals surface area contributed by atoms with Gasteiger partial charge < -0.3 is 10.6 Å². The van der Waals surface area contributed by atoms with Gasteiger partial charge in [-0.2, -0.15) is 5.10 Å². The zero-order valence-corrected chi connectivity index (χ0v) is 18.0. The number of guanidine groups is 1. The monoisotopic (exact) mass is 455 g/mol. The number of rotatable bonds is 7. The van der Waals surface area contributed by atoms with Gasteiger partial charge in [-0.1, -0.05) is 38.1 Å². The number of aryl methyl sites for hydroxylation is 2. The van der Waals surface area contributed by atoms with Crippen LogP contribution in [0, 0.1) is 6.92 Å². The summed E-state index contributed by atoms with van der Waals surface area (Å²) in [6.45, 7) is 9.28. The van der Waals surface area contributed by atoms with Crippen LogP contribution in [0.4, 0.5) is 0 Å². The van der Waals surface area contributed by atoms with Crippen LogP contribution in [-0.4, -0.2) is 35.9 Å². The van der Waals surface area contributed by atoms with E-state index in [4.69, 9.17) is 0 Å². The van der Waals surface area contributed by atoms with Gasteiger partial charge in [-0.25, -0.2) is 0 Å². The summed E-state index contributed by atoms with van der Waals surface area (Å²) in [6.07, 6.45) is 4.79. The van der Waals surface area contributed by atoms with Crippen molar-refractivity contribution in [2.24, 2.45) is 4.99 Å². The van der Waals surface area contributed by atoms with Crippen molar-refractivity contribution in [1.29, 1.82) is 0 Å². The highest BCUT2D eigenvalue weighted by molar-refractivity contribution is 14.0. The summed E-state index contributed by atoms with van der Waals surface area (Å²) in [5.41, 5.74) is 2.73. The molecule has 5 nitrogen and oxygen atoms in total. The molecule has 2 rings (SSSR count). The van der Waals surface area contributed by atoms with Gasteiger partial charge in [0.15, 0.2) is 5.96 Å². The SMILES string of the molecule is CN=C(NCCCn1cccn1)NCC(C)(C)c1ccccc1C.I. The third kappa shape index (κ3) is 6.68. The molecule has 2 N–H and O–H groups in total. The van der Waals surface area contributed by atoms with Crippen LogP contribution < -0.4 is 10.6 Å². The van der Waals surface area contributed by atoms with Crippen LogP contribution in [0.15, 0.2) is 47.7 Å². The van der Waals surface area contributed by atoms with Crippen molar-refractivity contribution in [3.8, 4) is 0 Å². The summed E-state index contributed by atoms with van der Waals surface area (Å²) in [6, 6.07) is 10.5.